The van der Waals surface area contributed by atoms with Crippen LogP contribution in [0.25, 0.3) is 5.57 Å². The molecule has 1 aromatic carbocycles. The van der Waals surface area contributed by atoms with Crippen LogP contribution in [0.1, 0.15) is 40.2 Å². The van der Waals surface area contributed by atoms with Crippen LogP contribution in [0.15, 0.2) is 35.0 Å². The number of halogens is 1. The van der Waals surface area contributed by atoms with Crippen LogP contribution in [-0.2, 0) is 9.31 Å². The Kier molecular flexibility index (Phi) is 4.55. The molecule has 1 aliphatic heterocycles. The summed E-state index contributed by atoms with van der Waals surface area (Å²) in [5, 5.41) is 0. The second-order valence-electron chi connectivity index (χ2n) is 6.65. The van der Waals surface area contributed by atoms with Crippen LogP contribution in [0.5, 0.6) is 0 Å². The summed E-state index contributed by atoms with van der Waals surface area (Å²) in [6.45, 7) is 9.21. The van der Waals surface area contributed by atoms with Crippen molar-refractivity contribution in [3.05, 3.63) is 35.6 Å². The van der Waals surface area contributed by atoms with E-state index in [1.165, 1.54) is 0 Å². The highest BCUT2D eigenvalue weighted by Gasteiger charge is 2.53. The highest BCUT2D eigenvalue weighted by Crippen LogP contribution is 2.40. The number of guanidine groups is 1. The first-order valence-electron chi connectivity index (χ1n) is 7.45. The molecule has 1 aliphatic rings. The van der Waals surface area contributed by atoms with E-state index >= 15 is 0 Å². The van der Waals surface area contributed by atoms with Gasteiger partial charge in [-0.1, -0.05) is 12.1 Å². The second kappa shape index (κ2) is 5.98. The SMILES string of the molecule is CC(=C(F)B1OC(C)(C)C(C)(C)O1)c1cccc(N=C(N)N)c1. The number of nitrogens with zero attached hydrogens (tertiary/aromatic N) is 1. The van der Waals surface area contributed by atoms with Gasteiger partial charge in [-0.25, -0.2) is 9.38 Å². The van der Waals surface area contributed by atoms with Gasteiger partial charge in [0.25, 0.3) is 0 Å². The molecule has 1 saturated heterocycles. The summed E-state index contributed by atoms with van der Waals surface area (Å²) in [7, 11) is -1.02. The van der Waals surface area contributed by atoms with E-state index in [0.29, 0.717) is 16.8 Å². The first-order valence-corrected chi connectivity index (χ1v) is 7.45. The Morgan fingerprint density at radius 3 is 2.22 bits per heavy atom. The van der Waals surface area contributed by atoms with Gasteiger partial charge in [-0.2, -0.15) is 0 Å². The van der Waals surface area contributed by atoms with E-state index in [2.05, 4.69) is 4.99 Å². The maximum atomic E-state index is 14.8. The minimum atomic E-state index is -1.02. The zero-order valence-corrected chi connectivity index (χ0v) is 14.2. The Bertz CT molecular complexity index is 651. The van der Waals surface area contributed by atoms with Crippen LogP contribution in [0.3, 0.4) is 0 Å². The van der Waals surface area contributed by atoms with Crippen molar-refractivity contribution in [1.29, 1.82) is 0 Å². The van der Waals surface area contributed by atoms with E-state index in [1.54, 1.807) is 31.2 Å². The number of hydrogen-bond donors (Lipinski definition) is 2. The van der Waals surface area contributed by atoms with Gasteiger partial charge < -0.3 is 20.8 Å². The largest absolute Gasteiger partial charge is 0.525 e. The van der Waals surface area contributed by atoms with Crippen LogP contribution >= 0.6 is 0 Å². The maximum absolute atomic E-state index is 14.8. The van der Waals surface area contributed by atoms with Gasteiger partial charge in [0.2, 0.25) is 0 Å². The number of aliphatic imine (C=N–C) groups is 1. The molecule has 1 aromatic rings. The Morgan fingerprint density at radius 1 is 1.13 bits per heavy atom. The molecule has 7 heteroatoms. The smallest absolute Gasteiger partial charge is 0.398 e. The quantitative estimate of drug-likeness (QED) is 0.510. The molecule has 0 unspecified atom stereocenters. The lowest BCUT2D eigenvalue weighted by atomic mass is 9.83. The Morgan fingerprint density at radius 2 is 1.70 bits per heavy atom. The van der Waals surface area contributed by atoms with E-state index in [4.69, 9.17) is 20.8 Å². The highest BCUT2D eigenvalue weighted by atomic mass is 19.1. The Labute approximate surface area is 136 Å². The standard InChI is InChI=1S/C16H23BFN3O2/c1-10(11-7-6-8-12(9-11)21-14(19)20)13(18)17-22-15(2,3)16(4,5)23-17/h6-9H,1-5H3,(H4,19,20,21). The van der Waals surface area contributed by atoms with Crippen molar-refractivity contribution in [2.45, 2.75) is 45.8 Å². The Hall–Kier alpha value is -1.86. The average Bonchev–Trinajstić information content (AvgIpc) is 2.65. The zero-order chi connectivity index (χ0) is 17.4. The van der Waals surface area contributed by atoms with Crippen molar-refractivity contribution in [1.82, 2.24) is 0 Å². The lowest BCUT2D eigenvalue weighted by molar-refractivity contribution is 0.00578. The molecule has 1 heterocycles. The minimum Gasteiger partial charge on any atom is -0.398 e. The highest BCUT2D eigenvalue weighted by molar-refractivity contribution is 6.55. The number of allylic oxidation sites excluding steroid dienone is 1. The molecule has 0 bridgehead atoms. The lowest BCUT2D eigenvalue weighted by Gasteiger charge is -2.32. The molecule has 1 fully saturated rings. The molecular formula is C16H23BFN3O2. The molecule has 0 aliphatic carbocycles. The molecule has 2 rings (SSSR count). The predicted molar refractivity (Wildman–Crippen MR) is 91.7 cm³/mol. The van der Waals surface area contributed by atoms with Gasteiger partial charge in [0.15, 0.2) is 5.96 Å². The Balaban J connectivity index is 2.33. The number of rotatable bonds is 3. The van der Waals surface area contributed by atoms with E-state index in [0.717, 1.165) is 0 Å². The van der Waals surface area contributed by atoms with Crippen LogP contribution in [0, 0.1) is 0 Å². The van der Waals surface area contributed by atoms with Gasteiger partial charge in [0, 0.05) is 0 Å². The molecule has 4 N–H and O–H groups in total. The number of benzene rings is 1. The van der Waals surface area contributed by atoms with Crippen molar-refractivity contribution in [3.8, 4) is 0 Å². The second-order valence-corrected chi connectivity index (χ2v) is 6.65. The van der Waals surface area contributed by atoms with E-state index in [-0.39, 0.29) is 5.96 Å². The van der Waals surface area contributed by atoms with Crippen molar-refractivity contribution >= 4 is 24.3 Å². The van der Waals surface area contributed by atoms with Crippen molar-refractivity contribution in [2.24, 2.45) is 16.5 Å². The summed E-state index contributed by atoms with van der Waals surface area (Å²) in [6, 6.07) is 6.99. The minimum absolute atomic E-state index is 0.0461. The fraction of sp³-hybridized carbons (Fsp3) is 0.438. The first-order chi connectivity index (χ1) is 10.5. The predicted octanol–water partition coefficient (Wildman–Crippen LogP) is 2.92. The van der Waals surface area contributed by atoms with Gasteiger partial charge in [0.05, 0.1) is 16.9 Å². The molecule has 0 amide bonds. The molecule has 0 saturated carbocycles. The summed E-state index contributed by atoms with van der Waals surface area (Å²) < 4.78 is 26.3. The molecule has 5 nitrogen and oxygen atoms in total. The molecule has 23 heavy (non-hydrogen) atoms. The van der Waals surface area contributed by atoms with Crippen LogP contribution in [0.4, 0.5) is 10.1 Å². The van der Waals surface area contributed by atoms with E-state index in [9.17, 15) is 4.39 Å². The van der Waals surface area contributed by atoms with Crippen LogP contribution < -0.4 is 11.5 Å². The van der Waals surface area contributed by atoms with Crippen LogP contribution in [0.2, 0.25) is 0 Å². The number of hydrogen-bond acceptors (Lipinski definition) is 3. The maximum Gasteiger partial charge on any atom is 0.525 e. The molecule has 0 atom stereocenters. The average molecular weight is 319 g/mol. The van der Waals surface area contributed by atoms with Crippen molar-refractivity contribution < 1.29 is 13.7 Å². The third-order valence-electron chi connectivity index (χ3n) is 4.36. The van der Waals surface area contributed by atoms with E-state index in [1.807, 2.05) is 27.7 Å². The summed E-state index contributed by atoms with van der Waals surface area (Å²) in [4.78, 5) is 3.97. The normalized spacial score (nSPS) is 20.2. The van der Waals surface area contributed by atoms with Crippen LogP contribution in [-0.4, -0.2) is 24.3 Å². The van der Waals surface area contributed by atoms with E-state index < -0.39 is 24.0 Å². The summed E-state index contributed by atoms with van der Waals surface area (Å²) in [5.74, 6) is -0.0461. The lowest BCUT2D eigenvalue weighted by Crippen LogP contribution is -2.41. The van der Waals surface area contributed by atoms with Gasteiger partial charge in [0.1, 0.15) is 5.73 Å². The number of nitrogens with two attached hydrogens (primary N) is 2. The molecule has 0 radical (unpaired) electrons. The van der Waals surface area contributed by atoms with Gasteiger partial charge in [-0.15, -0.1) is 0 Å². The van der Waals surface area contributed by atoms with Gasteiger partial charge in [-0.3, -0.25) is 0 Å². The molecule has 0 spiro atoms. The topological polar surface area (TPSA) is 82.9 Å². The molecule has 0 aromatic heterocycles. The van der Waals surface area contributed by atoms with Crippen molar-refractivity contribution in [2.75, 3.05) is 0 Å². The summed E-state index contributed by atoms with van der Waals surface area (Å²) in [6.07, 6.45) is 0. The molecule has 124 valence electrons. The van der Waals surface area contributed by atoms with Gasteiger partial charge >= 0.3 is 7.12 Å². The van der Waals surface area contributed by atoms with Crippen molar-refractivity contribution in [3.63, 3.8) is 0 Å². The third kappa shape index (κ3) is 3.56. The fourth-order valence-electron chi connectivity index (χ4n) is 2.22. The summed E-state index contributed by atoms with van der Waals surface area (Å²) >= 11 is 0. The molecular weight excluding hydrogens is 296 g/mol. The fourth-order valence-corrected chi connectivity index (χ4v) is 2.22. The zero-order valence-electron chi connectivity index (χ0n) is 14.2. The summed E-state index contributed by atoms with van der Waals surface area (Å²) in [5.41, 5.74) is 10.8. The first kappa shape index (κ1) is 17.5. The van der Waals surface area contributed by atoms with Gasteiger partial charge in [-0.05, 0) is 57.9 Å². The third-order valence-corrected chi connectivity index (χ3v) is 4.36. The monoisotopic (exact) mass is 319 g/mol.